The number of fused-ring (bicyclic) bond motifs is 1. The van der Waals surface area contributed by atoms with Crippen molar-refractivity contribution in [1.82, 2.24) is 24.3 Å². The number of carbonyl (C=O) groups is 2. The number of piperazine rings is 1. The number of rotatable bonds is 4. The van der Waals surface area contributed by atoms with Crippen LogP contribution in [0.1, 0.15) is 50.7 Å². The van der Waals surface area contributed by atoms with Crippen LogP contribution in [-0.4, -0.2) is 93.1 Å². The molecule has 2 aliphatic heterocycles. The third kappa shape index (κ3) is 6.37. The molecule has 3 amide bonds. The van der Waals surface area contributed by atoms with E-state index in [4.69, 9.17) is 11.5 Å². The van der Waals surface area contributed by atoms with Crippen molar-refractivity contribution in [1.29, 1.82) is 0 Å². The first kappa shape index (κ1) is 28.3. The van der Waals surface area contributed by atoms with Crippen LogP contribution in [0.25, 0.3) is 5.69 Å². The van der Waals surface area contributed by atoms with Crippen LogP contribution in [0, 0.1) is 0 Å². The minimum Gasteiger partial charge on any atom is -0.338 e. The molecule has 216 valence electrons. The fraction of sp³-hybridized carbons (Fsp3) is 0.586. The average molecular weight is 551 g/mol. The molecule has 2 fully saturated rings. The Morgan fingerprint density at radius 1 is 0.975 bits per heavy atom. The standard InChI is InChI=1S/C29H42N8O3/c1-29(2,31)26(38)35-14-16-36(17-15-35)27(39)32-25-10-13-37(28(40)33-25)24-8-6-20-5-7-23(18-21(20)19-24)34-11-3-4-22(30)9-12-34/h6,8,10,13,19,22-23H,3-5,7,9,11-12,14-18,30-31H2,1-2H3,(H,32,33,39,40). The minimum atomic E-state index is -0.945. The second-order valence-corrected chi connectivity index (χ2v) is 12.0. The molecule has 0 spiro atoms. The second-order valence-electron chi connectivity index (χ2n) is 12.0. The summed E-state index contributed by atoms with van der Waals surface area (Å²) >= 11 is 0. The summed E-state index contributed by atoms with van der Waals surface area (Å²) in [5.41, 5.74) is 14.1. The molecule has 1 aromatic carbocycles. The summed E-state index contributed by atoms with van der Waals surface area (Å²) < 4.78 is 1.52. The van der Waals surface area contributed by atoms with Gasteiger partial charge in [0.15, 0.2) is 0 Å². The first-order chi connectivity index (χ1) is 19.1. The van der Waals surface area contributed by atoms with Crippen LogP contribution in [0.15, 0.2) is 35.3 Å². The Hall–Kier alpha value is -3.28. The van der Waals surface area contributed by atoms with Crippen molar-refractivity contribution in [3.05, 3.63) is 52.1 Å². The lowest BCUT2D eigenvalue weighted by atomic mass is 9.87. The van der Waals surface area contributed by atoms with E-state index in [-0.39, 0.29) is 17.8 Å². The Bertz CT molecular complexity index is 1290. The predicted octanol–water partition coefficient (Wildman–Crippen LogP) is 1.32. The highest BCUT2D eigenvalue weighted by Crippen LogP contribution is 2.28. The molecular formula is C29H42N8O3. The Morgan fingerprint density at radius 2 is 1.73 bits per heavy atom. The molecule has 1 aliphatic carbocycles. The minimum absolute atomic E-state index is 0.137. The summed E-state index contributed by atoms with van der Waals surface area (Å²) in [6, 6.07) is 8.30. The highest BCUT2D eigenvalue weighted by Gasteiger charge is 2.31. The summed E-state index contributed by atoms with van der Waals surface area (Å²) in [6.07, 6.45) is 8.11. The molecule has 2 saturated heterocycles. The average Bonchev–Trinajstić information content (AvgIpc) is 3.16. The summed E-state index contributed by atoms with van der Waals surface area (Å²) in [4.78, 5) is 48.2. The Labute approximate surface area is 235 Å². The molecule has 5 rings (SSSR count). The number of aromatic nitrogens is 2. The Kier molecular flexibility index (Phi) is 8.25. The van der Waals surface area contributed by atoms with Gasteiger partial charge in [0.25, 0.3) is 0 Å². The molecule has 0 saturated carbocycles. The van der Waals surface area contributed by atoms with E-state index in [9.17, 15) is 14.4 Å². The molecule has 5 N–H and O–H groups in total. The molecule has 2 atom stereocenters. The van der Waals surface area contributed by atoms with Crippen LogP contribution in [0.3, 0.4) is 0 Å². The fourth-order valence-electron chi connectivity index (χ4n) is 6.07. The van der Waals surface area contributed by atoms with E-state index in [1.807, 2.05) is 6.07 Å². The molecule has 11 heteroatoms. The topological polar surface area (TPSA) is 143 Å². The molecule has 40 heavy (non-hydrogen) atoms. The quantitative estimate of drug-likeness (QED) is 0.521. The normalized spacial score (nSPS) is 22.4. The van der Waals surface area contributed by atoms with Gasteiger partial charge in [0.2, 0.25) is 5.91 Å². The third-order valence-corrected chi connectivity index (χ3v) is 8.44. The van der Waals surface area contributed by atoms with E-state index < -0.39 is 11.2 Å². The number of nitrogens with two attached hydrogens (primary N) is 2. The van der Waals surface area contributed by atoms with Gasteiger partial charge in [-0.2, -0.15) is 4.98 Å². The number of hydrogen-bond acceptors (Lipinski definition) is 7. The number of anilines is 1. The lowest BCUT2D eigenvalue weighted by molar-refractivity contribution is -0.137. The largest absolute Gasteiger partial charge is 0.354 e. The van der Waals surface area contributed by atoms with Gasteiger partial charge in [-0.05, 0) is 94.8 Å². The molecule has 2 aromatic rings. The molecular weight excluding hydrogens is 508 g/mol. The lowest BCUT2D eigenvalue weighted by Gasteiger charge is -2.37. The maximum absolute atomic E-state index is 13.0. The van der Waals surface area contributed by atoms with Crippen molar-refractivity contribution in [3.8, 4) is 5.69 Å². The van der Waals surface area contributed by atoms with Gasteiger partial charge in [-0.1, -0.05) is 6.07 Å². The second kappa shape index (κ2) is 11.7. The molecule has 0 radical (unpaired) electrons. The zero-order chi connectivity index (χ0) is 28.4. The number of carbonyl (C=O) groups excluding carboxylic acids is 2. The maximum atomic E-state index is 13.0. The van der Waals surface area contributed by atoms with E-state index >= 15 is 0 Å². The third-order valence-electron chi connectivity index (χ3n) is 8.44. The molecule has 1 aromatic heterocycles. The van der Waals surface area contributed by atoms with Crippen LogP contribution >= 0.6 is 0 Å². The number of nitrogens with one attached hydrogen (secondary N) is 1. The molecule has 3 aliphatic rings. The zero-order valence-corrected chi connectivity index (χ0v) is 23.6. The fourth-order valence-corrected chi connectivity index (χ4v) is 6.07. The van der Waals surface area contributed by atoms with Crippen LogP contribution in [0.2, 0.25) is 0 Å². The van der Waals surface area contributed by atoms with E-state index in [1.165, 1.54) is 15.7 Å². The van der Waals surface area contributed by atoms with Gasteiger partial charge in [0, 0.05) is 44.5 Å². The van der Waals surface area contributed by atoms with Gasteiger partial charge >= 0.3 is 11.7 Å². The highest BCUT2D eigenvalue weighted by atomic mass is 16.2. The number of hydrogen-bond donors (Lipinski definition) is 3. The summed E-state index contributed by atoms with van der Waals surface area (Å²) in [7, 11) is 0. The van der Waals surface area contributed by atoms with Gasteiger partial charge in [0.1, 0.15) is 5.82 Å². The van der Waals surface area contributed by atoms with Crippen molar-refractivity contribution in [2.75, 3.05) is 44.6 Å². The van der Waals surface area contributed by atoms with Crippen LogP contribution in [-0.2, 0) is 17.6 Å². The summed E-state index contributed by atoms with van der Waals surface area (Å²) in [5.74, 6) is 0.0625. The van der Waals surface area contributed by atoms with Crippen molar-refractivity contribution in [2.45, 2.75) is 70.0 Å². The Morgan fingerprint density at radius 3 is 2.45 bits per heavy atom. The number of amides is 3. The Balaban J connectivity index is 1.21. The number of urea groups is 1. The summed E-state index contributed by atoms with van der Waals surface area (Å²) in [5, 5.41) is 2.73. The molecule has 0 bridgehead atoms. The number of nitrogens with zero attached hydrogens (tertiary/aromatic N) is 5. The SMILES string of the molecule is CC(C)(N)C(=O)N1CCN(C(=O)Nc2ccn(-c3ccc4c(c3)CC(N3CCCC(N)CC3)CC4)c(=O)n2)CC1. The molecule has 2 unspecified atom stereocenters. The first-order valence-electron chi connectivity index (χ1n) is 14.4. The zero-order valence-electron chi connectivity index (χ0n) is 23.6. The molecule has 3 heterocycles. The van der Waals surface area contributed by atoms with Crippen molar-refractivity contribution in [2.24, 2.45) is 11.5 Å². The van der Waals surface area contributed by atoms with Crippen molar-refractivity contribution >= 4 is 17.8 Å². The van der Waals surface area contributed by atoms with Gasteiger partial charge in [-0.15, -0.1) is 0 Å². The lowest BCUT2D eigenvalue weighted by Crippen LogP contribution is -2.58. The highest BCUT2D eigenvalue weighted by molar-refractivity contribution is 5.89. The van der Waals surface area contributed by atoms with Crippen LogP contribution < -0.4 is 22.5 Å². The monoisotopic (exact) mass is 550 g/mol. The van der Waals surface area contributed by atoms with Gasteiger partial charge in [-0.25, -0.2) is 9.59 Å². The summed E-state index contributed by atoms with van der Waals surface area (Å²) in [6.45, 7) is 7.09. The van der Waals surface area contributed by atoms with E-state index in [1.54, 1.807) is 35.9 Å². The van der Waals surface area contributed by atoms with Crippen LogP contribution in [0.5, 0.6) is 0 Å². The van der Waals surface area contributed by atoms with Gasteiger partial charge in [-0.3, -0.25) is 19.6 Å². The first-order valence-corrected chi connectivity index (χ1v) is 14.4. The predicted molar refractivity (Wildman–Crippen MR) is 154 cm³/mol. The number of likely N-dealkylation sites (tertiary alicyclic amines) is 1. The number of benzene rings is 1. The van der Waals surface area contributed by atoms with Crippen molar-refractivity contribution < 1.29 is 9.59 Å². The van der Waals surface area contributed by atoms with E-state index in [0.29, 0.717) is 38.3 Å². The van der Waals surface area contributed by atoms with Crippen LogP contribution in [0.4, 0.5) is 10.6 Å². The van der Waals surface area contributed by atoms with E-state index in [2.05, 4.69) is 27.3 Å². The smallest absolute Gasteiger partial charge is 0.338 e. The van der Waals surface area contributed by atoms with Crippen molar-refractivity contribution in [3.63, 3.8) is 0 Å². The molecule has 11 nitrogen and oxygen atoms in total. The van der Waals surface area contributed by atoms with Gasteiger partial charge in [0.05, 0.1) is 11.2 Å². The maximum Gasteiger partial charge on any atom is 0.354 e. The number of aryl methyl sites for hydroxylation is 1. The van der Waals surface area contributed by atoms with E-state index in [0.717, 1.165) is 57.3 Å². The van der Waals surface area contributed by atoms with Gasteiger partial charge < -0.3 is 21.3 Å².